The normalized spacial score (nSPS) is 27.6. The van der Waals surface area contributed by atoms with Gasteiger partial charge in [-0.3, -0.25) is 0 Å². The molecule has 0 aromatic heterocycles. The molecule has 0 bridgehead atoms. The molecular weight excluding hydrogens is 252 g/mol. The van der Waals surface area contributed by atoms with E-state index >= 15 is 0 Å². The minimum Gasteiger partial charge on any atom is -0.389 e. The van der Waals surface area contributed by atoms with Crippen molar-refractivity contribution in [2.75, 3.05) is 39.3 Å². The Hall–Kier alpha value is -0.940. The molecule has 3 rings (SSSR count). The van der Waals surface area contributed by atoms with Gasteiger partial charge in [-0.25, -0.2) is 0 Å². The van der Waals surface area contributed by atoms with Crippen molar-refractivity contribution in [2.45, 2.75) is 12.7 Å². The van der Waals surface area contributed by atoms with Crippen LogP contribution in [0.3, 0.4) is 0 Å². The quantitative estimate of drug-likeness (QED) is 0.803. The largest absolute Gasteiger partial charge is 0.389 e. The molecule has 1 aromatic carbocycles. The summed E-state index contributed by atoms with van der Waals surface area (Å²) in [6.07, 6.45) is -0.384. The fraction of sp³-hybridized carbons (Fsp3) is 0.625. The SMILES string of the molecule is OC(COCc1ccccc1)CN1CC2CNCC2C1. The minimum atomic E-state index is -0.384. The number of fused-ring (bicyclic) bond motifs is 1. The average molecular weight is 276 g/mol. The summed E-state index contributed by atoms with van der Waals surface area (Å²) in [6.45, 7) is 6.25. The summed E-state index contributed by atoms with van der Waals surface area (Å²) in [5.74, 6) is 1.57. The number of benzene rings is 1. The summed E-state index contributed by atoms with van der Waals surface area (Å²) in [7, 11) is 0. The first-order chi connectivity index (χ1) is 9.81. The molecule has 20 heavy (non-hydrogen) atoms. The molecule has 0 saturated carbocycles. The zero-order valence-electron chi connectivity index (χ0n) is 11.9. The van der Waals surface area contributed by atoms with Gasteiger partial charge in [-0.1, -0.05) is 30.3 Å². The van der Waals surface area contributed by atoms with Crippen molar-refractivity contribution < 1.29 is 9.84 Å². The second-order valence-corrected chi connectivity index (χ2v) is 6.05. The van der Waals surface area contributed by atoms with E-state index < -0.39 is 0 Å². The van der Waals surface area contributed by atoms with Crippen molar-refractivity contribution in [2.24, 2.45) is 11.8 Å². The highest BCUT2D eigenvalue weighted by Gasteiger charge is 2.36. The molecule has 0 aliphatic carbocycles. The first kappa shape index (κ1) is 14.0. The molecule has 2 heterocycles. The lowest BCUT2D eigenvalue weighted by Crippen LogP contribution is -2.35. The Balaban J connectivity index is 1.34. The summed E-state index contributed by atoms with van der Waals surface area (Å²) >= 11 is 0. The number of ether oxygens (including phenoxy) is 1. The number of hydrogen-bond acceptors (Lipinski definition) is 4. The molecule has 2 saturated heterocycles. The fourth-order valence-electron chi connectivity index (χ4n) is 3.34. The molecule has 4 nitrogen and oxygen atoms in total. The van der Waals surface area contributed by atoms with Crippen LogP contribution in [0.25, 0.3) is 0 Å². The van der Waals surface area contributed by atoms with E-state index in [1.165, 1.54) is 0 Å². The number of rotatable bonds is 6. The van der Waals surface area contributed by atoms with Gasteiger partial charge in [-0.2, -0.15) is 0 Å². The lowest BCUT2D eigenvalue weighted by atomic mass is 10.0. The van der Waals surface area contributed by atoms with Gasteiger partial charge < -0.3 is 20.1 Å². The molecule has 1 aromatic rings. The smallest absolute Gasteiger partial charge is 0.0900 e. The average Bonchev–Trinajstić information content (AvgIpc) is 3.01. The molecule has 0 amide bonds. The van der Waals surface area contributed by atoms with Crippen molar-refractivity contribution in [3.8, 4) is 0 Å². The van der Waals surface area contributed by atoms with E-state index in [2.05, 4.69) is 10.2 Å². The number of hydrogen-bond donors (Lipinski definition) is 2. The Morgan fingerprint density at radius 1 is 1.20 bits per heavy atom. The highest BCUT2D eigenvalue weighted by Crippen LogP contribution is 2.26. The van der Waals surface area contributed by atoms with Crippen LogP contribution in [0.2, 0.25) is 0 Å². The Morgan fingerprint density at radius 3 is 2.60 bits per heavy atom. The summed E-state index contributed by atoms with van der Waals surface area (Å²) in [5.41, 5.74) is 1.15. The lowest BCUT2D eigenvalue weighted by molar-refractivity contribution is 0.0124. The Morgan fingerprint density at radius 2 is 1.90 bits per heavy atom. The van der Waals surface area contributed by atoms with Crippen LogP contribution in [0.15, 0.2) is 30.3 Å². The van der Waals surface area contributed by atoms with E-state index in [1.54, 1.807) is 0 Å². The maximum atomic E-state index is 10.1. The molecule has 0 spiro atoms. The van der Waals surface area contributed by atoms with Gasteiger partial charge >= 0.3 is 0 Å². The number of aliphatic hydroxyl groups is 1. The molecule has 3 unspecified atom stereocenters. The highest BCUT2D eigenvalue weighted by molar-refractivity contribution is 5.13. The highest BCUT2D eigenvalue weighted by atomic mass is 16.5. The molecule has 3 atom stereocenters. The molecule has 110 valence electrons. The van der Waals surface area contributed by atoms with Crippen molar-refractivity contribution in [1.29, 1.82) is 0 Å². The molecule has 2 aliphatic rings. The van der Waals surface area contributed by atoms with Gasteiger partial charge in [0.2, 0.25) is 0 Å². The second kappa shape index (κ2) is 6.68. The summed E-state index contributed by atoms with van der Waals surface area (Å²) in [6, 6.07) is 10.1. The topological polar surface area (TPSA) is 44.7 Å². The standard InChI is InChI=1S/C16H24N2O2/c19-16(12-20-11-13-4-2-1-3-5-13)10-18-8-14-6-17-7-15(14)9-18/h1-5,14-17,19H,6-12H2. The Bertz CT molecular complexity index is 400. The van der Waals surface area contributed by atoms with Crippen LogP contribution < -0.4 is 5.32 Å². The monoisotopic (exact) mass is 276 g/mol. The van der Waals surface area contributed by atoms with Crippen molar-refractivity contribution in [3.63, 3.8) is 0 Å². The minimum absolute atomic E-state index is 0.384. The first-order valence-corrected chi connectivity index (χ1v) is 7.54. The third-order valence-electron chi connectivity index (χ3n) is 4.36. The predicted octanol–water partition coefficient (Wildman–Crippen LogP) is 0.715. The maximum absolute atomic E-state index is 10.1. The fourth-order valence-corrected chi connectivity index (χ4v) is 3.34. The van der Waals surface area contributed by atoms with Crippen LogP contribution in [-0.2, 0) is 11.3 Å². The molecular formula is C16H24N2O2. The molecule has 0 radical (unpaired) electrons. The van der Waals surface area contributed by atoms with E-state index in [-0.39, 0.29) is 6.10 Å². The van der Waals surface area contributed by atoms with E-state index in [0.29, 0.717) is 13.2 Å². The zero-order chi connectivity index (χ0) is 13.8. The predicted molar refractivity (Wildman–Crippen MR) is 78.4 cm³/mol. The zero-order valence-corrected chi connectivity index (χ0v) is 11.9. The van der Waals surface area contributed by atoms with Crippen LogP contribution in [-0.4, -0.2) is 55.4 Å². The van der Waals surface area contributed by atoms with Crippen LogP contribution in [0.5, 0.6) is 0 Å². The van der Waals surface area contributed by atoms with Gasteiger partial charge in [0.15, 0.2) is 0 Å². The third-order valence-corrected chi connectivity index (χ3v) is 4.36. The van der Waals surface area contributed by atoms with Crippen molar-refractivity contribution in [3.05, 3.63) is 35.9 Å². The number of nitrogens with zero attached hydrogens (tertiary/aromatic N) is 1. The van der Waals surface area contributed by atoms with Gasteiger partial charge in [0.05, 0.1) is 19.3 Å². The van der Waals surface area contributed by atoms with E-state index in [1.807, 2.05) is 30.3 Å². The van der Waals surface area contributed by atoms with E-state index in [4.69, 9.17) is 4.74 Å². The molecule has 2 N–H and O–H groups in total. The summed E-state index contributed by atoms with van der Waals surface area (Å²) < 4.78 is 5.60. The third kappa shape index (κ3) is 3.58. The maximum Gasteiger partial charge on any atom is 0.0900 e. The van der Waals surface area contributed by atoms with Gasteiger partial charge in [-0.15, -0.1) is 0 Å². The number of aliphatic hydroxyl groups excluding tert-OH is 1. The van der Waals surface area contributed by atoms with Crippen LogP contribution in [0.4, 0.5) is 0 Å². The van der Waals surface area contributed by atoms with Crippen molar-refractivity contribution in [1.82, 2.24) is 10.2 Å². The van der Waals surface area contributed by atoms with Gasteiger partial charge in [0.1, 0.15) is 0 Å². The van der Waals surface area contributed by atoms with Gasteiger partial charge in [0, 0.05) is 19.6 Å². The summed E-state index contributed by atoms with van der Waals surface area (Å²) in [5, 5.41) is 13.5. The number of likely N-dealkylation sites (tertiary alicyclic amines) is 1. The number of β-amino-alcohol motifs (C(OH)–C–C–N with tert-alkyl or cyclic N) is 1. The molecule has 2 aliphatic heterocycles. The summed E-state index contributed by atoms with van der Waals surface area (Å²) in [4.78, 5) is 2.38. The first-order valence-electron chi connectivity index (χ1n) is 7.54. The molecule has 2 fully saturated rings. The van der Waals surface area contributed by atoms with E-state index in [0.717, 1.165) is 50.1 Å². The Labute approximate surface area is 120 Å². The van der Waals surface area contributed by atoms with Crippen LogP contribution >= 0.6 is 0 Å². The van der Waals surface area contributed by atoms with Crippen LogP contribution in [0.1, 0.15) is 5.56 Å². The molecule has 4 heteroatoms. The second-order valence-electron chi connectivity index (χ2n) is 6.05. The lowest BCUT2D eigenvalue weighted by Gasteiger charge is -2.20. The van der Waals surface area contributed by atoms with E-state index in [9.17, 15) is 5.11 Å². The van der Waals surface area contributed by atoms with Crippen molar-refractivity contribution >= 4 is 0 Å². The van der Waals surface area contributed by atoms with Gasteiger partial charge in [0.25, 0.3) is 0 Å². The number of nitrogens with one attached hydrogen (secondary N) is 1. The van der Waals surface area contributed by atoms with Crippen LogP contribution in [0, 0.1) is 11.8 Å². The Kier molecular flexibility index (Phi) is 4.68. The van der Waals surface area contributed by atoms with Gasteiger partial charge in [-0.05, 0) is 30.5 Å².